The van der Waals surface area contributed by atoms with Crippen LogP contribution in [0.4, 0.5) is 10.5 Å². The van der Waals surface area contributed by atoms with E-state index in [-0.39, 0.29) is 12.1 Å². The van der Waals surface area contributed by atoms with E-state index in [1.54, 1.807) is 0 Å². The molecule has 1 fully saturated rings. The maximum Gasteiger partial charge on any atom is 0.337 e. The van der Waals surface area contributed by atoms with E-state index in [4.69, 9.17) is 4.74 Å². The maximum absolute atomic E-state index is 13.6. The molecule has 2 aromatic rings. The molecule has 1 saturated carbocycles. The lowest BCUT2D eigenvalue weighted by molar-refractivity contribution is -0.160. The van der Waals surface area contributed by atoms with Crippen LogP contribution in [-0.4, -0.2) is 40.2 Å². The Balaban J connectivity index is 1.88. The fourth-order valence-electron chi connectivity index (χ4n) is 6.01. The molecule has 37 heavy (non-hydrogen) atoms. The van der Waals surface area contributed by atoms with E-state index in [0.717, 1.165) is 71.2 Å². The van der Waals surface area contributed by atoms with Gasteiger partial charge >= 0.3 is 12.0 Å². The molecule has 1 heterocycles. The van der Waals surface area contributed by atoms with Gasteiger partial charge in [0.05, 0.1) is 5.60 Å². The summed E-state index contributed by atoms with van der Waals surface area (Å²) in [6, 6.07) is 8.38. The highest BCUT2D eigenvalue weighted by Gasteiger charge is 2.36. The molecule has 200 valence electrons. The number of hydrogen-bond acceptors (Lipinski definition) is 3. The van der Waals surface area contributed by atoms with Crippen LogP contribution < -0.4 is 5.32 Å². The third kappa shape index (κ3) is 5.85. The fraction of sp³-hybridized carbons (Fsp3) is 0.548. The fourth-order valence-corrected chi connectivity index (χ4v) is 6.01. The summed E-state index contributed by atoms with van der Waals surface area (Å²) in [7, 11) is 0. The Morgan fingerprint density at radius 2 is 1.65 bits per heavy atom. The van der Waals surface area contributed by atoms with Crippen molar-refractivity contribution in [3.63, 3.8) is 0 Å². The van der Waals surface area contributed by atoms with Gasteiger partial charge in [0.2, 0.25) is 0 Å². The summed E-state index contributed by atoms with van der Waals surface area (Å²) in [5.74, 6) is -1.04. The van der Waals surface area contributed by atoms with Crippen LogP contribution in [0, 0.1) is 20.8 Å². The smallest absolute Gasteiger partial charge is 0.337 e. The number of nitrogens with zero attached hydrogens (tertiary/aromatic N) is 1. The number of aryl methyl sites for hydroxylation is 1. The second kappa shape index (κ2) is 10.9. The average molecular weight is 507 g/mol. The van der Waals surface area contributed by atoms with Crippen molar-refractivity contribution in [2.24, 2.45) is 0 Å². The van der Waals surface area contributed by atoms with Crippen molar-refractivity contribution in [3.05, 3.63) is 52.1 Å². The summed E-state index contributed by atoms with van der Waals surface area (Å²) in [6.07, 6.45) is 6.43. The third-order valence-corrected chi connectivity index (χ3v) is 7.84. The molecule has 4 rings (SSSR count). The number of aliphatic carboxylic acids is 1. The van der Waals surface area contributed by atoms with Gasteiger partial charge < -0.3 is 20.1 Å². The molecule has 1 aliphatic carbocycles. The van der Waals surface area contributed by atoms with Crippen molar-refractivity contribution < 1.29 is 19.4 Å². The molecule has 0 saturated heterocycles. The number of benzene rings is 2. The topological polar surface area (TPSA) is 78.9 Å². The number of carbonyl (C=O) groups is 2. The highest BCUT2D eigenvalue weighted by Crippen LogP contribution is 2.44. The standard InChI is InChI=1S/C31H42N2O4/c1-19-13-15-22(16-14-19)25-20(2)24-17-18-33(23-11-9-7-8-10-12-23)30(36)32-27(24)21(3)26(25)28(29(34)35)37-31(4,5)6/h13-16,23,28H,7-12,17-18H2,1-6H3,(H,32,36)(H,34,35)/t28-/m0/s1. The van der Waals surface area contributed by atoms with Crippen molar-refractivity contribution in [1.82, 2.24) is 4.90 Å². The lowest BCUT2D eigenvalue weighted by atomic mass is 9.83. The van der Waals surface area contributed by atoms with Crippen LogP contribution in [-0.2, 0) is 16.0 Å². The predicted octanol–water partition coefficient (Wildman–Crippen LogP) is 7.33. The molecule has 2 amide bonds. The molecule has 2 aromatic carbocycles. The van der Waals surface area contributed by atoms with Gasteiger partial charge in [0, 0.05) is 23.8 Å². The molecule has 0 radical (unpaired) electrons. The van der Waals surface area contributed by atoms with Gasteiger partial charge in [0.15, 0.2) is 6.10 Å². The van der Waals surface area contributed by atoms with Gasteiger partial charge in [-0.1, -0.05) is 55.5 Å². The Labute approximate surface area is 221 Å². The summed E-state index contributed by atoms with van der Waals surface area (Å²) in [4.78, 5) is 28.2. The normalized spacial score (nSPS) is 18.0. The molecule has 2 aliphatic rings. The molecule has 0 unspecified atom stereocenters. The number of fused-ring (bicyclic) bond motifs is 1. The molecule has 2 N–H and O–H groups in total. The first-order chi connectivity index (χ1) is 17.5. The van der Waals surface area contributed by atoms with Gasteiger partial charge in [-0.2, -0.15) is 0 Å². The van der Waals surface area contributed by atoms with E-state index in [2.05, 4.69) is 36.5 Å². The third-order valence-electron chi connectivity index (χ3n) is 7.84. The van der Waals surface area contributed by atoms with Crippen LogP contribution in [0.2, 0.25) is 0 Å². The van der Waals surface area contributed by atoms with Gasteiger partial charge in [-0.15, -0.1) is 0 Å². The van der Waals surface area contributed by atoms with E-state index in [1.165, 1.54) is 12.8 Å². The summed E-state index contributed by atoms with van der Waals surface area (Å²) < 4.78 is 6.16. The molecule has 0 bridgehead atoms. The number of carboxylic acids is 1. The Hall–Kier alpha value is -2.86. The number of rotatable bonds is 5. The van der Waals surface area contributed by atoms with Crippen LogP contribution in [0.1, 0.15) is 93.2 Å². The van der Waals surface area contributed by atoms with Crippen molar-refractivity contribution in [2.45, 2.75) is 104 Å². The number of urea groups is 1. The number of anilines is 1. The number of hydrogen-bond donors (Lipinski definition) is 2. The molecular weight excluding hydrogens is 464 g/mol. The minimum atomic E-state index is -1.17. The van der Waals surface area contributed by atoms with E-state index in [0.29, 0.717) is 12.1 Å². The molecule has 0 aromatic heterocycles. The number of ether oxygens (including phenoxy) is 1. The van der Waals surface area contributed by atoms with E-state index in [9.17, 15) is 14.7 Å². The lowest BCUT2D eigenvalue weighted by Gasteiger charge is -2.30. The largest absolute Gasteiger partial charge is 0.479 e. The van der Waals surface area contributed by atoms with Crippen LogP contribution in [0.3, 0.4) is 0 Å². The summed E-state index contributed by atoms with van der Waals surface area (Å²) in [6.45, 7) is 12.3. The van der Waals surface area contributed by atoms with E-state index >= 15 is 0 Å². The number of carbonyl (C=O) groups excluding carboxylic acids is 1. The molecule has 1 atom stereocenters. The van der Waals surface area contributed by atoms with Crippen molar-refractivity contribution in [3.8, 4) is 11.1 Å². The van der Waals surface area contributed by atoms with Gasteiger partial charge in [-0.25, -0.2) is 9.59 Å². The molecule has 6 heteroatoms. The minimum absolute atomic E-state index is 0.0780. The Kier molecular flexibility index (Phi) is 7.98. The lowest BCUT2D eigenvalue weighted by Crippen LogP contribution is -2.42. The second-order valence-corrected chi connectivity index (χ2v) is 11.7. The van der Waals surface area contributed by atoms with Crippen molar-refractivity contribution in [1.29, 1.82) is 0 Å². The summed E-state index contributed by atoms with van der Waals surface area (Å²) in [5, 5.41) is 13.6. The predicted molar refractivity (Wildman–Crippen MR) is 148 cm³/mol. The van der Waals surface area contributed by atoms with Crippen LogP contribution in [0.15, 0.2) is 24.3 Å². The van der Waals surface area contributed by atoms with Crippen LogP contribution in [0.5, 0.6) is 0 Å². The first-order valence-electron chi connectivity index (χ1n) is 13.7. The maximum atomic E-state index is 13.6. The zero-order chi connectivity index (χ0) is 26.9. The Morgan fingerprint density at radius 1 is 1.03 bits per heavy atom. The first kappa shape index (κ1) is 27.2. The Morgan fingerprint density at radius 3 is 2.22 bits per heavy atom. The monoisotopic (exact) mass is 506 g/mol. The molecule has 1 aliphatic heterocycles. The quantitative estimate of drug-likeness (QED) is 0.416. The Bertz CT molecular complexity index is 1160. The van der Waals surface area contributed by atoms with Crippen LogP contribution >= 0.6 is 0 Å². The number of carboxylic acid groups (broad SMARTS) is 1. The number of nitrogens with one attached hydrogen (secondary N) is 1. The zero-order valence-corrected chi connectivity index (χ0v) is 23.2. The first-order valence-corrected chi connectivity index (χ1v) is 13.7. The van der Waals surface area contributed by atoms with Gasteiger partial charge in [0.1, 0.15) is 0 Å². The highest BCUT2D eigenvalue weighted by atomic mass is 16.5. The second-order valence-electron chi connectivity index (χ2n) is 11.7. The highest BCUT2D eigenvalue weighted by molar-refractivity contribution is 5.95. The number of amides is 2. The van der Waals surface area contributed by atoms with Gasteiger partial charge in [0.25, 0.3) is 0 Å². The summed E-state index contributed by atoms with van der Waals surface area (Å²) in [5.41, 5.74) is 6.55. The molecular formula is C31H42N2O4. The van der Waals surface area contributed by atoms with Crippen molar-refractivity contribution >= 4 is 17.7 Å². The van der Waals surface area contributed by atoms with Crippen molar-refractivity contribution in [2.75, 3.05) is 11.9 Å². The molecule has 0 spiro atoms. The minimum Gasteiger partial charge on any atom is -0.479 e. The average Bonchev–Trinajstić information content (AvgIpc) is 3.19. The summed E-state index contributed by atoms with van der Waals surface area (Å²) >= 11 is 0. The molecule has 6 nitrogen and oxygen atoms in total. The van der Waals surface area contributed by atoms with Gasteiger partial charge in [-0.05, 0) is 88.6 Å². The van der Waals surface area contributed by atoms with Gasteiger partial charge in [-0.3, -0.25) is 0 Å². The SMILES string of the molecule is Cc1ccc(-c2c(C)c3c(c(C)c2[C@H](OC(C)(C)C)C(=O)O)NC(=O)N(C2CCCCCC2)CC3)cc1. The van der Waals surface area contributed by atoms with E-state index < -0.39 is 17.7 Å². The van der Waals surface area contributed by atoms with Crippen LogP contribution in [0.25, 0.3) is 11.1 Å². The zero-order valence-electron chi connectivity index (χ0n) is 23.2. The van der Waals surface area contributed by atoms with E-state index in [1.807, 2.05) is 39.5 Å².